The molecule has 0 fully saturated rings. The standard InChI is InChI=1S/C19H16N4O4/c24-19-13-11-23(10-12-9-17(27-22-12)15-3-1-7-25-15)6-5-14(13)20-18(21-19)16-4-2-8-26-16/h1-4,7-9H,5-6,10-11H2,(H,20,21,24). The molecule has 136 valence electrons. The van der Waals surface area contributed by atoms with Gasteiger partial charge in [0.25, 0.3) is 5.56 Å². The van der Waals surface area contributed by atoms with Crippen molar-refractivity contribution in [3.05, 3.63) is 70.2 Å². The van der Waals surface area contributed by atoms with Crippen molar-refractivity contribution >= 4 is 0 Å². The van der Waals surface area contributed by atoms with E-state index in [2.05, 4.69) is 20.0 Å². The van der Waals surface area contributed by atoms with Crippen molar-refractivity contribution < 1.29 is 13.4 Å². The van der Waals surface area contributed by atoms with Gasteiger partial charge in [0.1, 0.15) is 0 Å². The molecule has 27 heavy (non-hydrogen) atoms. The maximum atomic E-state index is 12.5. The molecule has 4 aromatic rings. The molecule has 0 atom stereocenters. The van der Waals surface area contributed by atoms with Crippen LogP contribution in [0.25, 0.3) is 23.1 Å². The topological polar surface area (TPSA) is 101 Å². The molecule has 1 aliphatic rings. The fourth-order valence-corrected chi connectivity index (χ4v) is 3.30. The van der Waals surface area contributed by atoms with Gasteiger partial charge in [0.05, 0.1) is 29.5 Å². The number of furan rings is 2. The molecule has 8 heteroatoms. The van der Waals surface area contributed by atoms with E-state index in [1.54, 1.807) is 30.7 Å². The Hall–Kier alpha value is -3.39. The van der Waals surface area contributed by atoms with Crippen LogP contribution in [0, 0.1) is 0 Å². The van der Waals surface area contributed by atoms with Crippen molar-refractivity contribution in [2.75, 3.05) is 6.54 Å². The lowest BCUT2D eigenvalue weighted by molar-refractivity contribution is 0.234. The first-order valence-electron chi connectivity index (χ1n) is 8.64. The van der Waals surface area contributed by atoms with E-state index in [1.165, 1.54) is 0 Å². The van der Waals surface area contributed by atoms with Crippen LogP contribution >= 0.6 is 0 Å². The highest BCUT2D eigenvalue weighted by molar-refractivity contribution is 5.49. The number of H-pyrrole nitrogens is 1. The molecule has 8 nitrogen and oxygen atoms in total. The van der Waals surface area contributed by atoms with Gasteiger partial charge in [-0.25, -0.2) is 4.98 Å². The van der Waals surface area contributed by atoms with Gasteiger partial charge in [-0.2, -0.15) is 0 Å². The third kappa shape index (κ3) is 3.00. The summed E-state index contributed by atoms with van der Waals surface area (Å²) in [5.74, 6) is 2.26. The second kappa shape index (κ2) is 6.40. The number of nitrogens with one attached hydrogen (secondary N) is 1. The minimum Gasteiger partial charge on any atom is -0.461 e. The van der Waals surface area contributed by atoms with Crippen LogP contribution in [0.1, 0.15) is 17.0 Å². The molecule has 1 aliphatic heterocycles. The number of hydrogen-bond donors (Lipinski definition) is 1. The molecule has 0 saturated heterocycles. The van der Waals surface area contributed by atoms with Crippen molar-refractivity contribution in [3.63, 3.8) is 0 Å². The Bertz CT molecular complexity index is 1110. The number of hydrogen-bond acceptors (Lipinski definition) is 7. The monoisotopic (exact) mass is 364 g/mol. The van der Waals surface area contributed by atoms with Gasteiger partial charge in [0.15, 0.2) is 17.3 Å². The van der Waals surface area contributed by atoms with Gasteiger partial charge in [0.2, 0.25) is 5.76 Å². The van der Waals surface area contributed by atoms with Gasteiger partial charge in [0, 0.05) is 32.1 Å². The summed E-state index contributed by atoms with van der Waals surface area (Å²) >= 11 is 0. The van der Waals surface area contributed by atoms with Crippen LogP contribution < -0.4 is 5.56 Å². The summed E-state index contributed by atoms with van der Waals surface area (Å²) in [6.45, 7) is 1.88. The summed E-state index contributed by atoms with van der Waals surface area (Å²) in [5.41, 5.74) is 2.16. The van der Waals surface area contributed by atoms with E-state index in [-0.39, 0.29) is 5.56 Å². The first kappa shape index (κ1) is 15.8. The Balaban J connectivity index is 1.35. The molecular formula is C19H16N4O4. The second-order valence-corrected chi connectivity index (χ2v) is 6.44. The van der Waals surface area contributed by atoms with Gasteiger partial charge in [-0.05, 0) is 24.3 Å². The van der Waals surface area contributed by atoms with Crippen molar-refractivity contribution in [3.8, 4) is 23.1 Å². The molecule has 0 saturated carbocycles. The number of nitrogens with zero attached hydrogens (tertiary/aromatic N) is 3. The number of rotatable bonds is 4. The number of aromatic amines is 1. The van der Waals surface area contributed by atoms with Crippen LogP contribution in [0.5, 0.6) is 0 Å². The molecule has 5 rings (SSSR count). The lowest BCUT2D eigenvalue weighted by Gasteiger charge is -2.26. The van der Waals surface area contributed by atoms with Gasteiger partial charge < -0.3 is 18.3 Å². The molecule has 0 aliphatic carbocycles. The fraction of sp³-hybridized carbons (Fsp3) is 0.211. The largest absolute Gasteiger partial charge is 0.461 e. The highest BCUT2D eigenvalue weighted by Gasteiger charge is 2.23. The highest BCUT2D eigenvalue weighted by atomic mass is 16.5. The SMILES string of the molecule is O=c1[nH]c(-c2ccco2)nc2c1CN(Cc1cc(-c3ccco3)on1)CC2. The molecule has 0 unspecified atom stereocenters. The number of fused-ring (bicyclic) bond motifs is 1. The summed E-state index contributed by atoms with van der Waals surface area (Å²) in [5, 5.41) is 4.10. The smallest absolute Gasteiger partial charge is 0.256 e. The van der Waals surface area contributed by atoms with E-state index in [1.807, 2.05) is 12.1 Å². The molecule has 0 radical (unpaired) electrons. The minimum absolute atomic E-state index is 0.132. The molecule has 5 heterocycles. The third-order valence-corrected chi connectivity index (χ3v) is 4.61. The minimum atomic E-state index is -0.132. The molecule has 4 aromatic heterocycles. The van der Waals surface area contributed by atoms with Crippen molar-refractivity contribution in [1.29, 1.82) is 0 Å². The molecule has 0 aromatic carbocycles. The molecule has 0 amide bonds. The summed E-state index contributed by atoms with van der Waals surface area (Å²) in [4.78, 5) is 22.1. The van der Waals surface area contributed by atoms with E-state index in [0.717, 1.165) is 17.9 Å². The van der Waals surface area contributed by atoms with E-state index < -0.39 is 0 Å². The summed E-state index contributed by atoms with van der Waals surface area (Å²) in [6.07, 6.45) is 3.84. The van der Waals surface area contributed by atoms with Crippen molar-refractivity contribution in [1.82, 2.24) is 20.0 Å². The highest BCUT2D eigenvalue weighted by Crippen LogP contribution is 2.23. The Morgan fingerprint density at radius 2 is 1.93 bits per heavy atom. The van der Waals surface area contributed by atoms with Crippen LogP contribution in [-0.2, 0) is 19.5 Å². The van der Waals surface area contributed by atoms with Crippen LogP contribution in [0.2, 0.25) is 0 Å². The maximum absolute atomic E-state index is 12.5. The van der Waals surface area contributed by atoms with Gasteiger partial charge in [-0.3, -0.25) is 9.69 Å². The quantitative estimate of drug-likeness (QED) is 0.594. The van der Waals surface area contributed by atoms with Gasteiger partial charge in [-0.15, -0.1) is 0 Å². The zero-order valence-corrected chi connectivity index (χ0v) is 14.3. The average molecular weight is 364 g/mol. The van der Waals surface area contributed by atoms with Gasteiger partial charge >= 0.3 is 0 Å². The molecule has 1 N–H and O–H groups in total. The molecular weight excluding hydrogens is 348 g/mol. The predicted molar refractivity (Wildman–Crippen MR) is 94.6 cm³/mol. The summed E-state index contributed by atoms with van der Waals surface area (Å²) < 4.78 is 16.0. The van der Waals surface area contributed by atoms with Gasteiger partial charge in [-0.1, -0.05) is 5.16 Å². The fourth-order valence-electron chi connectivity index (χ4n) is 3.30. The maximum Gasteiger partial charge on any atom is 0.256 e. The Morgan fingerprint density at radius 3 is 2.70 bits per heavy atom. The first-order valence-corrected chi connectivity index (χ1v) is 8.64. The van der Waals surface area contributed by atoms with E-state index >= 15 is 0 Å². The van der Waals surface area contributed by atoms with Crippen molar-refractivity contribution in [2.45, 2.75) is 19.5 Å². The van der Waals surface area contributed by atoms with Crippen LogP contribution in [0.4, 0.5) is 0 Å². The summed E-state index contributed by atoms with van der Waals surface area (Å²) in [7, 11) is 0. The second-order valence-electron chi connectivity index (χ2n) is 6.44. The molecule has 0 bridgehead atoms. The van der Waals surface area contributed by atoms with E-state index in [0.29, 0.717) is 48.2 Å². The van der Waals surface area contributed by atoms with E-state index in [9.17, 15) is 4.79 Å². The van der Waals surface area contributed by atoms with Crippen LogP contribution in [-0.4, -0.2) is 26.6 Å². The molecule has 0 spiro atoms. The third-order valence-electron chi connectivity index (χ3n) is 4.61. The zero-order valence-electron chi connectivity index (χ0n) is 14.3. The Kier molecular flexibility index (Phi) is 3.75. The lowest BCUT2D eigenvalue weighted by atomic mass is 10.1. The normalized spacial score (nSPS) is 14.4. The van der Waals surface area contributed by atoms with Crippen molar-refractivity contribution in [2.24, 2.45) is 0 Å². The Morgan fingerprint density at radius 1 is 1.11 bits per heavy atom. The van der Waals surface area contributed by atoms with Crippen LogP contribution in [0.15, 0.2) is 61.0 Å². The Labute approximate surface area is 153 Å². The predicted octanol–water partition coefficient (Wildman–Crippen LogP) is 2.84. The van der Waals surface area contributed by atoms with E-state index in [4.69, 9.17) is 13.4 Å². The summed E-state index contributed by atoms with van der Waals surface area (Å²) in [6, 6.07) is 9.03. The first-order chi connectivity index (χ1) is 13.3. The lowest BCUT2D eigenvalue weighted by Crippen LogP contribution is -2.35. The average Bonchev–Trinajstić information content (AvgIpc) is 3.44. The van der Waals surface area contributed by atoms with Crippen LogP contribution in [0.3, 0.4) is 0 Å². The number of aromatic nitrogens is 3. The zero-order chi connectivity index (χ0) is 18.2.